The summed E-state index contributed by atoms with van der Waals surface area (Å²) in [6, 6.07) is 26.6. The van der Waals surface area contributed by atoms with E-state index in [1.54, 1.807) is 19.2 Å². The van der Waals surface area contributed by atoms with Crippen molar-refractivity contribution in [2.75, 3.05) is 12.4 Å². The van der Waals surface area contributed by atoms with Crippen molar-refractivity contribution >= 4 is 17.4 Å². The van der Waals surface area contributed by atoms with Gasteiger partial charge in [-0.1, -0.05) is 42.5 Å². The van der Waals surface area contributed by atoms with Crippen LogP contribution in [-0.2, 0) is 0 Å². The fourth-order valence-corrected chi connectivity index (χ4v) is 3.32. The minimum absolute atomic E-state index is 0.139. The quantitative estimate of drug-likeness (QED) is 0.416. The van der Waals surface area contributed by atoms with Gasteiger partial charge in [0, 0.05) is 22.9 Å². The summed E-state index contributed by atoms with van der Waals surface area (Å²) in [4.78, 5) is 21.3. The number of nitrogens with zero attached hydrogens (tertiary/aromatic N) is 2. The molecule has 0 saturated carbocycles. The molecule has 0 saturated heterocycles. The minimum Gasteiger partial charge on any atom is -0.497 e. The lowest BCUT2D eigenvalue weighted by atomic mass is 10.1. The number of hydrogen-bond acceptors (Lipinski definition) is 5. The molecule has 0 aliphatic heterocycles. The number of carbonyl (C=O) groups is 1. The first kappa shape index (κ1) is 21.1. The molecule has 1 amide bonds. The highest BCUT2D eigenvalue weighted by atomic mass is 16.5. The number of nitrogens with one attached hydrogen (secondary N) is 2. The summed E-state index contributed by atoms with van der Waals surface area (Å²) in [5, 5.41) is 6.29. The average molecular weight is 425 g/mol. The second-order valence-electron chi connectivity index (χ2n) is 7.33. The molecule has 0 aliphatic rings. The lowest BCUT2D eigenvalue weighted by Crippen LogP contribution is -2.26. The zero-order valence-electron chi connectivity index (χ0n) is 17.9. The number of ether oxygens (including phenoxy) is 1. The topological polar surface area (TPSA) is 76.1 Å². The molecule has 4 rings (SSSR count). The Morgan fingerprint density at radius 1 is 0.906 bits per heavy atom. The first-order valence-electron chi connectivity index (χ1n) is 10.3. The highest BCUT2D eigenvalue weighted by Crippen LogP contribution is 2.22. The second kappa shape index (κ2) is 9.75. The zero-order valence-corrected chi connectivity index (χ0v) is 17.9. The predicted octanol–water partition coefficient (Wildman–Crippen LogP) is 5.39. The van der Waals surface area contributed by atoms with Crippen molar-refractivity contribution in [3.8, 4) is 17.0 Å². The lowest BCUT2D eigenvalue weighted by Gasteiger charge is -2.15. The number of rotatable bonds is 7. The normalized spacial score (nSPS) is 11.4. The Kier molecular flexibility index (Phi) is 6.41. The van der Waals surface area contributed by atoms with E-state index in [1.807, 2.05) is 79.7 Å². The molecule has 32 heavy (non-hydrogen) atoms. The van der Waals surface area contributed by atoms with Crippen molar-refractivity contribution in [1.29, 1.82) is 0 Å². The van der Waals surface area contributed by atoms with Gasteiger partial charge in [-0.3, -0.25) is 4.79 Å². The summed E-state index contributed by atoms with van der Waals surface area (Å²) >= 11 is 0. The lowest BCUT2D eigenvalue weighted by molar-refractivity contribution is 0.0940. The molecule has 6 heteroatoms. The second-order valence-corrected chi connectivity index (χ2v) is 7.33. The Morgan fingerprint density at radius 2 is 1.69 bits per heavy atom. The summed E-state index contributed by atoms with van der Waals surface area (Å²) < 4.78 is 5.26. The number of amides is 1. The van der Waals surface area contributed by atoms with E-state index in [4.69, 9.17) is 4.74 Å². The van der Waals surface area contributed by atoms with Gasteiger partial charge in [0.25, 0.3) is 5.91 Å². The number of benzene rings is 3. The smallest absolute Gasteiger partial charge is 0.251 e. The van der Waals surface area contributed by atoms with Gasteiger partial charge in [0.05, 0.1) is 18.8 Å². The van der Waals surface area contributed by atoms with Gasteiger partial charge in [0.2, 0.25) is 0 Å². The van der Waals surface area contributed by atoms with Crippen LogP contribution >= 0.6 is 0 Å². The van der Waals surface area contributed by atoms with Crippen molar-refractivity contribution in [1.82, 2.24) is 15.3 Å². The summed E-state index contributed by atoms with van der Waals surface area (Å²) in [6.07, 6.45) is 1.53. The third-order valence-corrected chi connectivity index (χ3v) is 5.10. The Labute approximate surface area is 187 Å². The summed E-state index contributed by atoms with van der Waals surface area (Å²) in [5.74, 6) is 1.31. The number of aromatic nitrogens is 2. The van der Waals surface area contributed by atoms with E-state index in [0.29, 0.717) is 11.4 Å². The van der Waals surface area contributed by atoms with Gasteiger partial charge < -0.3 is 15.4 Å². The van der Waals surface area contributed by atoms with Crippen LogP contribution in [0.3, 0.4) is 0 Å². The van der Waals surface area contributed by atoms with Crippen LogP contribution < -0.4 is 15.4 Å². The number of anilines is 2. The maximum atomic E-state index is 12.7. The van der Waals surface area contributed by atoms with E-state index in [1.165, 1.54) is 6.33 Å². The summed E-state index contributed by atoms with van der Waals surface area (Å²) in [5.41, 5.74) is 4.26. The fraction of sp³-hybridized carbons (Fsp3) is 0.115. The molecule has 0 fully saturated rings. The molecule has 1 heterocycles. The molecule has 1 aromatic heterocycles. The Balaban J connectivity index is 1.41. The highest BCUT2D eigenvalue weighted by Gasteiger charge is 2.12. The van der Waals surface area contributed by atoms with E-state index >= 15 is 0 Å². The Hall–Kier alpha value is -4.19. The van der Waals surface area contributed by atoms with E-state index in [2.05, 4.69) is 20.6 Å². The van der Waals surface area contributed by atoms with Crippen LogP contribution in [0.2, 0.25) is 0 Å². The van der Waals surface area contributed by atoms with Gasteiger partial charge in [-0.25, -0.2) is 9.97 Å². The Morgan fingerprint density at radius 3 is 2.44 bits per heavy atom. The molecule has 0 radical (unpaired) electrons. The molecular formula is C26H24N4O2. The number of hydrogen-bond donors (Lipinski definition) is 2. The van der Waals surface area contributed by atoms with Crippen LogP contribution in [0.25, 0.3) is 11.3 Å². The molecule has 0 bridgehead atoms. The maximum Gasteiger partial charge on any atom is 0.251 e. The molecule has 4 aromatic rings. The molecule has 2 N–H and O–H groups in total. The first-order valence-corrected chi connectivity index (χ1v) is 10.3. The van der Waals surface area contributed by atoms with Crippen LogP contribution in [0.15, 0.2) is 91.3 Å². The van der Waals surface area contributed by atoms with Gasteiger partial charge in [-0.15, -0.1) is 0 Å². The minimum atomic E-state index is -0.146. The van der Waals surface area contributed by atoms with E-state index < -0.39 is 0 Å². The molecule has 6 nitrogen and oxygen atoms in total. The molecule has 3 aromatic carbocycles. The standard InChI is InChI=1S/C26H24N4O2/c1-18(21-9-6-10-23(15-21)32-2)29-26(31)20-11-13-22(14-12-20)30-25-16-24(27-17-28-25)19-7-4-3-5-8-19/h3-18H,1-2H3,(H,29,31)(H,27,28,30)/t18-/m1/s1. The maximum absolute atomic E-state index is 12.7. The molecule has 0 spiro atoms. The van der Waals surface area contributed by atoms with Crippen molar-refractivity contribution in [3.05, 3.63) is 102 Å². The van der Waals surface area contributed by atoms with Crippen LogP contribution in [-0.4, -0.2) is 23.0 Å². The summed E-state index contributed by atoms with van der Waals surface area (Å²) in [7, 11) is 1.63. The van der Waals surface area contributed by atoms with Gasteiger partial charge in [0.1, 0.15) is 17.9 Å². The van der Waals surface area contributed by atoms with E-state index in [9.17, 15) is 4.79 Å². The monoisotopic (exact) mass is 424 g/mol. The van der Waals surface area contributed by atoms with Gasteiger partial charge in [-0.2, -0.15) is 0 Å². The largest absolute Gasteiger partial charge is 0.497 e. The van der Waals surface area contributed by atoms with Crippen molar-refractivity contribution in [2.24, 2.45) is 0 Å². The van der Waals surface area contributed by atoms with Crippen molar-refractivity contribution < 1.29 is 9.53 Å². The van der Waals surface area contributed by atoms with Crippen molar-refractivity contribution in [3.63, 3.8) is 0 Å². The third kappa shape index (κ3) is 5.10. The van der Waals surface area contributed by atoms with E-state index in [-0.39, 0.29) is 11.9 Å². The summed E-state index contributed by atoms with van der Waals surface area (Å²) in [6.45, 7) is 1.95. The molecule has 160 valence electrons. The number of carbonyl (C=O) groups excluding carboxylic acids is 1. The van der Waals surface area contributed by atoms with Crippen LogP contribution in [0.5, 0.6) is 5.75 Å². The average Bonchev–Trinajstić information content (AvgIpc) is 2.85. The highest BCUT2D eigenvalue weighted by molar-refractivity contribution is 5.94. The molecule has 1 atom stereocenters. The van der Waals surface area contributed by atoms with Gasteiger partial charge in [-0.05, 0) is 48.9 Å². The van der Waals surface area contributed by atoms with Crippen LogP contribution in [0.1, 0.15) is 28.9 Å². The molecular weight excluding hydrogens is 400 g/mol. The molecule has 0 aliphatic carbocycles. The molecule has 0 unspecified atom stereocenters. The van der Waals surface area contributed by atoms with E-state index in [0.717, 1.165) is 28.3 Å². The number of methoxy groups -OCH3 is 1. The van der Waals surface area contributed by atoms with Crippen molar-refractivity contribution in [2.45, 2.75) is 13.0 Å². The zero-order chi connectivity index (χ0) is 22.3. The van der Waals surface area contributed by atoms with Gasteiger partial charge in [0.15, 0.2) is 0 Å². The predicted molar refractivity (Wildman–Crippen MR) is 126 cm³/mol. The fourth-order valence-electron chi connectivity index (χ4n) is 3.32. The van der Waals surface area contributed by atoms with Gasteiger partial charge >= 0.3 is 0 Å². The Bertz CT molecular complexity index is 1190. The van der Waals surface area contributed by atoms with Crippen LogP contribution in [0, 0.1) is 0 Å². The third-order valence-electron chi connectivity index (χ3n) is 5.10. The SMILES string of the molecule is COc1cccc([C@@H](C)NC(=O)c2ccc(Nc3cc(-c4ccccc4)ncn3)cc2)c1. The first-order chi connectivity index (χ1) is 15.6. The van der Waals surface area contributed by atoms with Crippen LogP contribution in [0.4, 0.5) is 11.5 Å².